The number of aliphatic hydroxyl groups excluding tert-OH is 1. The summed E-state index contributed by atoms with van der Waals surface area (Å²) in [7, 11) is 0. The van der Waals surface area contributed by atoms with Gasteiger partial charge < -0.3 is 15.7 Å². The van der Waals surface area contributed by atoms with Gasteiger partial charge in [-0.2, -0.15) is 0 Å². The Hall–Kier alpha value is -1.10. The molecule has 2 saturated carbocycles. The van der Waals surface area contributed by atoms with Crippen LogP contribution in [0.3, 0.4) is 0 Å². The predicted octanol–water partition coefficient (Wildman–Crippen LogP) is 2.52. The van der Waals surface area contributed by atoms with Gasteiger partial charge in [-0.25, -0.2) is 0 Å². The molecular formula is C19H34N2O3. The predicted molar refractivity (Wildman–Crippen MR) is 94.4 cm³/mol. The van der Waals surface area contributed by atoms with E-state index in [4.69, 9.17) is 5.11 Å². The summed E-state index contributed by atoms with van der Waals surface area (Å²) >= 11 is 0. The van der Waals surface area contributed by atoms with Gasteiger partial charge in [0.05, 0.1) is 0 Å². The van der Waals surface area contributed by atoms with Gasteiger partial charge >= 0.3 is 0 Å². The Morgan fingerprint density at radius 1 is 1.04 bits per heavy atom. The molecule has 2 amide bonds. The average molecular weight is 338 g/mol. The molecule has 5 heteroatoms. The van der Waals surface area contributed by atoms with Crippen LogP contribution in [0.15, 0.2) is 0 Å². The highest BCUT2D eigenvalue weighted by molar-refractivity contribution is 5.79. The zero-order chi connectivity index (χ0) is 17.4. The molecule has 2 aliphatic rings. The Kier molecular flexibility index (Phi) is 8.03. The summed E-state index contributed by atoms with van der Waals surface area (Å²) in [4.78, 5) is 24.4. The van der Waals surface area contributed by atoms with E-state index >= 15 is 0 Å². The van der Waals surface area contributed by atoms with Gasteiger partial charge in [0.2, 0.25) is 11.8 Å². The van der Waals surface area contributed by atoms with Crippen LogP contribution in [-0.2, 0) is 9.59 Å². The first-order valence-electron chi connectivity index (χ1n) is 9.79. The van der Waals surface area contributed by atoms with E-state index in [1.54, 1.807) is 0 Å². The number of aliphatic hydroxyl groups is 1. The summed E-state index contributed by atoms with van der Waals surface area (Å²) in [6.45, 7) is 2.02. The van der Waals surface area contributed by atoms with Gasteiger partial charge in [-0.1, -0.05) is 19.3 Å². The molecule has 0 aromatic heterocycles. The minimum atomic E-state index is 0.0235. The van der Waals surface area contributed by atoms with Crippen molar-refractivity contribution in [2.45, 2.75) is 89.6 Å². The topological polar surface area (TPSA) is 78.4 Å². The molecule has 2 aliphatic carbocycles. The largest absolute Gasteiger partial charge is 0.396 e. The fourth-order valence-corrected chi connectivity index (χ4v) is 4.07. The van der Waals surface area contributed by atoms with Crippen LogP contribution in [0.25, 0.3) is 0 Å². The first-order chi connectivity index (χ1) is 11.6. The number of amides is 2. The highest BCUT2D eigenvalue weighted by atomic mass is 16.3. The molecular weight excluding hydrogens is 304 g/mol. The fraction of sp³-hybridized carbons (Fsp3) is 0.895. The lowest BCUT2D eigenvalue weighted by Crippen LogP contribution is -2.43. The summed E-state index contributed by atoms with van der Waals surface area (Å²) in [5.74, 6) is 0.931. The van der Waals surface area contributed by atoms with Crippen molar-refractivity contribution in [1.82, 2.24) is 10.6 Å². The maximum absolute atomic E-state index is 12.2. The number of rotatable bonds is 7. The van der Waals surface area contributed by atoms with E-state index in [1.807, 2.05) is 6.92 Å². The molecule has 2 rings (SSSR count). The summed E-state index contributed by atoms with van der Waals surface area (Å²) in [5.41, 5.74) is 0. The van der Waals surface area contributed by atoms with Crippen LogP contribution in [0.4, 0.5) is 0 Å². The molecule has 5 nitrogen and oxygen atoms in total. The van der Waals surface area contributed by atoms with E-state index in [2.05, 4.69) is 10.6 Å². The van der Waals surface area contributed by atoms with Crippen molar-refractivity contribution in [3.8, 4) is 0 Å². The minimum Gasteiger partial charge on any atom is -0.396 e. The molecule has 2 fully saturated rings. The van der Waals surface area contributed by atoms with E-state index < -0.39 is 0 Å². The highest BCUT2D eigenvalue weighted by Crippen LogP contribution is 2.27. The standard InChI is InChI=1S/C19H34N2O3/c1-14(11-12-22)20-19(24)16-7-9-17(10-8-16)21-18(23)13-15-5-3-2-4-6-15/h14-17,22H,2-13H2,1H3,(H,20,24)(H,21,23). The molecule has 24 heavy (non-hydrogen) atoms. The van der Waals surface area contributed by atoms with Crippen molar-refractivity contribution in [2.75, 3.05) is 6.61 Å². The summed E-state index contributed by atoms with van der Waals surface area (Å²) in [6, 6.07) is 0.260. The lowest BCUT2D eigenvalue weighted by atomic mass is 9.84. The number of carbonyl (C=O) groups is 2. The fourth-order valence-electron chi connectivity index (χ4n) is 4.07. The van der Waals surface area contributed by atoms with E-state index in [9.17, 15) is 9.59 Å². The van der Waals surface area contributed by atoms with Gasteiger partial charge in [-0.15, -0.1) is 0 Å². The molecule has 1 atom stereocenters. The first kappa shape index (κ1) is 19.2. The zero-order valence-electron chi connectivity index (χ0n) is 15.1. The molecule has 0 heterocycles. The Morgan fingerprint density at radius 3 is 2.33 bits per heavy atom. The van der Waals surface area contributed by atoms with Crippen molar-refractivity contribution < 1.29 is 14.7 Å². The molecule has 0 radical (unpaired) electrons. The van der Waals surface area contributed by atoms with Gasteiger partial charge in [-0.05, 0) is 57.8 Å². The van der Waals surface area contributed by atoms with E-state index in [0.717, 1.165) is 25.7 Å². The number of hydrogen-bond acceptors (Lipinski definition) is 3. The third kappa shape index (κ3) is 6.42. The van der Waals surface area contributed by atoms with Gasteiger partial charge in [-0.3, -0.25) is 9.59 Å². The summed E-state index contributed by atoms with van der Waals surface area (Å²) in [6.07, 6.45) is 11.0. The minimum absolute atomic E-state index is 0.0235. The third-order valence-corrected chi connectivity index (χ3v) is 5.61. The van der Waals surface area contributed by atoms with Crippen LogP contribution < -0.4 is 10.6 Å². The molecule has 0 bridgehead atoms. The Bertz CT molecular complexity index is 399. The maximum atomic E-state index is 12.2. The lowest BCUT2D eigenvalue weighted by molar-refractivity contribution is -0.126. The second-order valence-corrected chi connectivity index (χ2v) is 7.75. The summed E-state index contributed by atoms with van der Waals surface area (Å²) in [5, 5.41) is 15.1. The SMILES string of the molecule is CC(CCO)NC(=O)C1CCC(NC(=O)CC2CCCCC2)CC1. The first-order valence-corrected chi connectivity index (χ1v) is 9.79. The quantitative estimate of drug-likeness (QED) is 0.667. The van der Waals surface area contributed by atoms with Gasteiger partial charge in [0, 0.05) is 31.0 Å². The molecule has 0 saturated heterocycles. The lowest BCUT2D eigenvalue weighted by Gasteiger charge is -2.30. The Labute approximate surface area is 146 Å². The molecule has 0 aromatic rings. The van der Waals surface area contributed by atoms with Crippen molar-refractivity contribution in [3.63, 3.8) is 0 Å². The summed E-state index contributed by atoms with van der Waals surface area (Å²) < 4.78 is 0. The number of nitrogens with one attached hydrogen (secondary N) is 2. The molecule has 0 aromatic carbocycles. The smallest absolute Gasteiger partial charge is 0.223 e. The maximum Gasteiger partial charge on any atom is 0.223 e. The molecule has 1 unspecified atom stereocenters. The second kappa shape index (κ2) is 10.0. The van der Waals surface area contributed by atoms with E-state index in [1.165, 1.54) is 32.1 Å². The van der Waals surface area contributed by atoms with Crippen LogP contribution in [0.2, 0.25) is 0 Å². The van der Waals surface area contributed by atoms with Crippen LogP contribution in [-0.4, -0.2) is 35.6 Å². The van der Waals surface area contributed by atoms with Crippen molar-refractivity contribution in [2.24, 2.45) is 11.8 Å². The van der Waals surface area contributed by atoms with Crippen LogP contribution in [0.5, 0.6) is 0 Å². The van der Waals surface area contributed by atoms with Gasteiger partial charge in [0.25, 0.3) is 0 Å². The Balaban J connectivity index is 1.64. The molecule has 138 valence electrons. The van der Waals surface area contributed by atoms with Crippen LogP contribution in [0, 0.1) is 11.8 Å². The van der Waals surface area contributed by atoms with E-state index in [0.29, 0.717) is 18.8 Å². The van der Waals surface area contributed by atoms with Gasteiger partial charge in [0.1, 0.15) is 0 Å². The zero-order valence-corrected chi connectivity index (χ0v) is 15.1. The Morgan fingerprint density at radius 2 is 1.71 bits per heavy atom. The van der Waals surface area contributed by atoms with Crippen molar-refractivity contribution in [3.05, 3.63) is 0 Å². The highest BCUT2D eigenvalue weighted by Gasteiger charge is 2.28. The van der Waals surface area contributed by atoms with Crippen LogP contribution >= 0.6 is 0 Å². The van der Waals surface area contributed by atoms with Crippen LogP contribution in [0.1, 0.15) is 77.6 Å². The molecule has 0 aliphatic heterocycles. The van der Waals surface area contributed by atoms with Crippen molar-refractivity contribution in [1.29, 1.82) is 0 Å². The monoisotopic (exact) mass is 338 g/mol. The number of carbonyl (C=O) groups excluding carboxylic acids is 2. The second-order valence-electron chi connectivity index (χ2n) is 7.75. The van der Waals surface area contributed by atoms with Crippen molar-refractivity contribution >= 4 is 11.8 Å². The molecule has 0 spiro atoms. The number of hydrogen-bond donors (Lipinski definition) is 3. The average Bonchev–Trinajstić information content (AvgIpc) is 2.56. The van der Waals surface area contributed by atoms with E-state index in [-0.39, 0.29) is 36.4 Å². The van der Waals surface area contributed by atoms with Gasteiger partial charge in [0.15, 0.2) is 0 Å². The third-order valence-electron chi connectivity index (χ3n) is 5.61. The normalized spacial score (nSPS) is 26.6. The molecule has 3 N–H and O–H groups in total.